The Labute approximate surface area is 137 Å². The van der Waals surface area contributed by atoms with Gasteiger partial charge in [-0.3, -0.25) is 9.79 Å². The summed E-state index contributed by atoms with van der Waals surface area (Å²) in [6, 6.07) is 4.87. The lowest BCUT2D eigenvalue weighted by Gasteiger charge is -2.21. The Balaban J connectivity index is 2.33. The van der Waals surface area contributed by atoms with Gasteiger partial charge in [-0.15, -0.1) is 0 Å². The van der Waals surface area contributed by atoms with Crippen LogP contribution in [0.4, 0.5) is 5.69 Å². The van der Waals surface area contributed by atoms with Crippen LogP contribution in [0.1, 0.15) is 33.3 Å². The van der Waals surface area contributed by atoms with Crippen molar-refractivity contribution < 1.29 is 17.9 Å². The molecule has 0 spiro atoms. The molecule has 0 aliphatic carbocycles. The number of esters is 1. The van der Waals surface area contributed by atoms with E-state index in [2.05, 4.69) is 4.99 Å². The standard InChI is InChI=1S/C16H22N2O4S/c1-6-22-15(19)10-18(5)23(20,21)12-7-8-14-13(9-12)16(3,4)11(2)17-14/h7-9H,6,10H2,1-5H3. The van der Waals surface area contributed by atoms with Gasteiger partial charge >= 0.3 is 5.97 Å². The Morgan fingerprint density at radius 3 is 2.61 bits per heavy atom. The zero-order valence-corrected chi connectivity index (χ0v) is 14.9. The Morgan fingerprint density at radius 1 is 1.35 bits per heavy atom. The van der Waals surface area contributed by atoms with Crippen molar-refractivity contribution in [3.63, 3.8) is 0 Å². The van der Waals surface area contributed by atoms with Crippen molar-refractivity contribution in [2.75, 3.05) is 20.2 Å². The molecule has 7 heteroatoms. The second-order valence-electron chi connectivity index (χ2n) is 6.07. The van der Waals surface area contributed by atoms with Crippen molar-refractivity contribution in [2.24, 2.45) is 4.99 Å². The van der Waals surface area contributed by atoms with Crippen molar-refractivity contribution in [3.8, 4) is 0 Å². The van der Waals surface area contributed by atoms with E-state index in [0.717, 1.165) is 21.3 Å². The first-order valence-electron chi connectivity index (χ1n) is 7.43. The minimum absolute atomic E-state index is 0.154. The highest BCUT2D eigenvalue weighted by Gasteiger charge is 2.34. The summed E-state index contributed by atoms with van der Waals surface area (Å²) < 4.78 is 31.1. The molecular weight excluding hydrogens is 316 g/mol. The normalized spacial score (nSPS) is 16.2. The van der Waals surface area contributed by atoms with E-state index in [1.165, 1.54) is 13.1 Å². The van der Waals surface area contributed by atoms with E-state index in [-0.39, 0.29) is 23.5 Å². The van der Waals surface area contributed by atoms with Gasteiger partial charge in [-0.25, -0.2) is 8.42 Å². The fourth-order valence-electron chi connectivity index (χ4n) is 2.44. The number of fused-ring (bicyclic) bond motifs is 1. The quantitative estimate of drug-likeness (QED) is 0.772. The minimum Gasteiger partial charge on any atom is -0.465 e. The van der Waals surface area contributed by atoms with Gasteiger partial charge in [-0.1, -0.05) is 13.8 Å². The summed E-state index contributed by atoms with van der Waals surface area (Å²) in [4.78, 5) is 16.2. The highest BCUT2D eigenvalue weighted by molar-refractivity contribution is 7.89. The van der Waals surface area contributed by atoms with E-state index >= 15 is 0 Å². The lowest BCUT2D eigenvalue weighted by atomic mass is 9.82. The molecule has 0 unspecified atom stereocenters. The maximum Gasteiger partial charge on any atom is 0.321 e. The lowest BCUT2D eigenvalue weighted by molar-refractivity contribution is -0.143. The first-order chi connectivity index (χ1) is 10.6. The van der Waals surface area contributed by atoms with Gasteiger partial charge in [0.15, 0.2) is 0 Å². The highest BCUT2D eigenvalue weighted by Crippen LogP contribution is 2.41. The first kappa shape index (κ1) is 17.6. The smallest absolute Gasteiger partial charge is 0.321 e. The third-order valence-electron chi connectivity index (χ3n) is 4.20. The average molecular weight is 338 g/mol. The van der Waals surface area contributed by atoms with Crippen molar-refractivity contribution >= 4 is 27.4 Å². The van der Waals surface area contributed by atoms with Crippen molar-refractivity contribution in [1.29, 1.82) is 0 Å². The van der Waals surface area contributed by atoms with Crippen molar-refractivity contribution in [3.05, 3.63) is 23.8 Å². The van der Waals surface area contributed by atoms with E-state index in [1.807, 2.05) is 20.8 Å². The van der Waals surface area contributed by atoms with Gasteiger partial charge in [-0.2, -0.15) is 4.31 Å². The average Bonchev–Trinajstić information content (AvgIpc) is 2.69. The summed E-state index contributed by atoms with van der Waals surface area (Å²) in [5.41, 5.74) is 2.31. The summed E-state index contributed by atoms with van der Waals surface area (Å²) in [6.07, 6.45) is 0. The second kappa shape index (κ2) is 6.05. The number of sulfonamides is 1. The zero-order chi connectivity index (χ0) is 17.4. The molecule has 6 nitrogen and oxygen atoms in total. The van der Waals surface area contributed by atoms with E-state index in [4.69, 9.17) is 4.74 Å². The molecule has 0 bridgehead atoms. The lowest BCUT2D eigenvalue weighted by Crippen LogP contribution is -2.33. The monoisotopic (exact) mass is 338 g/mol. The molecule has 0 N–H and O–H groups in total. The molecule has 1 aromatic rings. The van der Waals surface area contributed by atoms with Crippen LogP contribution in [-0.2, 0) is 25.0 Å². The van der Waals surface area contributed by atoms with Crippen molar-refractivity contribution in [1.82, 2.24) is 4.31 Å². The molecule has 1 aliphatic heterocycles. The van der Waals surface area contributed by atoms with E-state index in [1.54, 1.807) is 19.1 Å². The number of hydrogen-bond donors (Lipinski definition) is 0. The molecular formula is C16H22N2O4S. The van der Waals surface area contributed by atoms with Crippen LogP contribution in [-0.4, -0.2) is 44.6 Å². The molecule has 23 heavy (non-hydrogen) atoms. The van der Waals surface area contributed by atoms with Gasteiger partial charge in [0, 0.05) is 18.2 Å². The van der Waals surface area contributed by atoms with Gasteiger partial charge in [0.05, 0.1) is 17.2 Å². The maximum absolute atomic E-state index is 12.6. The van der Waals surface area contributed by atoms with Crippen LogP contribution in [0.15, 0.2) is 28.1 Å². The van der Waals surface area contributed by atoms with E-state index in [0.29, 0.717) is 0 Å². The third-order valence-corrected chi connectivity index (χ3v) is 6.00. The highest BCUT2D eigenvalue weighted by atomic mass is 32.2. The third kappa shape index (κ3) is 3.16. The van der Waals surface area contributed by atoms with Gasteiger partial charge in [0.2, 0.25) is 10.0 Å². The molecule has 0 fully saturated rings. The van der Waals surface area contributed by atoms with Crippen LogP contribution in [0.25, 0.3) is 0 Å². The van der Waals surface area contributed by atoms with Gasteiger partial charge in [0.25, 0.3) is 0 Å². The number of rotatable bonds is 5. The number of aliphatic imine (C=N–C) groups is 1. The number of benzene rings is 1. The molecule has 0 aromatic heterocycles. The SMILES string of the molecule is CCOC(=O)CN(C)S(=O)(=O)c1ccc2c(c1)C(C)(C)C(C)=N2. The molecule has 1 aliphatic rings. The van der Waals surface area contributed by atoms with Crippen LogP contribution in [0.3, 0.4) is 0 Å². The molecule has 0 saturated carbocycles. The van der Waals surface area contributed by atoms with E-state index in [9.17, 15) is 13.2 Å². The van der Waals surface area contributed by atoms with Crippen molar-refractivity contribution in [2.45, 2.75) is 38.0 Å². The Kier molecular flexibility index (Phi) is 4.64. The number of carbonyl (C=O) groups excluding carboxylic acids is 1. The Hall–Kier alpha value is -1.73. The van der Waals surface area contributed by atoms with Crippen LogP contribution >= 0.6 is 0 Å². The minimum atomic E-state index is -3.76. The first-order valence-corrected chi connectivity index (χ1v) is 8.87. The molecule has 0 radical (unpaired) electrons. The molecule has 0 atom stereocenters. The number of hydrogen-bond acceptors (Lipinski definition) is 5. The molecule has 2 rings (SSSR count). The van der Waals surface area contributed by atoms with Crippen LogP contribution in [0.5, 0.6) is 0 Å². The molecule has 1 aromatic carbocycles. The number of nitrogens with zero attached hydrogens (tertiary/aromatic N) is 2. The Morgan fingerprint density at radius 2 is 2.00 bits per heavy atom. The Bertz CT molecular complexity index is 766. The fourth-order valence-corrected chi connectivity index (χ4v) is 3.58. The van der Waals surface area contributed by atoms with Gasteiger partial charge in [0.1, 0.15) is 6.54 Å². The van der Waals surface area contributed by atoms with Crippen LogP contribution < -0.4 is 0 Å². The molecule has 1 heterocycles. The number of likely N-dealkylation sites (N-methyl/N-ethyl adjacent to an activating group) is 1. The summed E-state index contributed by atoms with van der Waals surface area (Å²) in [5.74, 6) is -0.570. The summed E-state index contributed by atoms with van der Waals surface area (Å²) in [6.45, 7) is 7.54. The predicted molar refractivity (Wildman–Crippen MR) is 88.7 cm³/mol. The van der Waals surface area contributed by atoms with Crippen LogP contribution in [0.2, 0.25) is 0 Å². The second-order valence-corrected chi connectivity index (χ2v) is 8.11. The fraction of sp³-hybridized carbons (Fsp3) is 0.500. The summed E-state index contributed by atoms with van der Waals surface area (Å²) >= 11 is 0. The maximum atomic E-state index is 12.6. The van der Waals surface area contributed by atoms with Crippen LogP contribution in [0, 0.1) is 0 Å². The predicted octanol–water partition coefficient (Wildman–Crippen LogP) is 2.25. The van der Waals surface area contributed by atoms with Gasteiger partial charge in [-0.05, 0) is 37.6 Å². The van der Waals surface area contributed by atoms with E-state index < -0.39 is 16.0 Å². The molecule has 0 amide bonds. The largest absolute Gasteiger partial charge is 0.465 e. The molecule has 126 valence electrons. The zero-order valence-electron chi connectivity index (χ0n) is 14.1. The summed E-state index contributed by atoms with van der Waals surface area (Å²) in [5, 5.41) is 0. The topological polar surface area (TPSA) is 76.0 Å². The van der Waals surface area contributed by atoms with Gasteiger partial charge < -0.3 is 4.74 Å². The number of carbonyl (C=O) groups is 1. The molecule has 0 saturated heterocycles. The summed E-state index contributed by atoms with van der Waals surface area (Å²) in [7, 11) is -2.39. The number of ether oxygens (including phenoxy) is 1.